The van der Waals surface area contributed by atoms with Crippen LogP contribution in [0.5, 0.6) is 5.75 Å². The molecule has 0 spiro atoms. The molecule has 2 heterocycles. The molecule has 6 rings (SSSR count). The van der Waals surface area contributed by atoms with Crippen LogP contribution in [0.1, 0.15) is 26.7 Å². The highest BCUT2D eigenvalue weighted by Crippen LogP contribution is 2.58. The van der Waals surface area contributed by atoms with Crippen molar-refractivity contribution in [2.45, 2.75) is 26.7 Å². The molecular weight excluding hydrogens is 356 g/mol. The number of aromatic amines is 2. The number of ether oxygens (including phenoxy) is 1. The van der Waals surface area contributed by atoms with Gasteiger partial charge in [-0.3, -0.25) is 4.79 Å². The lowest BCUT2D eigenvalue weighted by Gasteiger charge is -2.55. The van der Waals surface area contributed by atoms with E-state index >= 15 is 0 Å². The maximum absolute atomic E-state index is 12.9. The zero-order chi connectivity index (χ0) is 19.6. The average molecular weight is 378 g/mol. The summed E-state index contributed by atoms with van der Waals surface area (Å²) in [5.74, 6) is 1.75. The quantitative estimate of drug-likeness (QED) is 0.686. The number of fused-ring (bicyclic) bond motifs is 4. The summed E-state index contributed by atoms with van der Waals surface area (Å²) in [7, 11) is 1.56. The van der Waals surface area contributed by atoms with Gasteiger partial charge in [0.2, 0.25) is 0 Å². The molecular formula is C21H22N4O3. The van der Waals surface area contributed by atoms with Crippen molar-refractivity contribution in [2.24, 2.45) is 22.4 Å². The molecule has 3 aliphatic rings. The van der Waals surface area contributed by atoms with Crippen LogP contribution in [0.15, 0.2) is 44.5 Å². The van der Waals surface area contributed by atoms with Gasteiger partial charge in [0.25, 0.3) is 0 Å². The fourth-order valence-electron chi connectivity index (χ4n) is 4.80. The van der Waals surface area contributed by atoms with Crippen LogP contribution in [0.25, 0.3) is 21.9 Å². The Labute approximate surface area is 160 Å². The van der Waals surface area contributed by atoms with E-state index in [1.807, 2.05) is 12.1 Å². The first-order chi connectivity index (χ1) is 13.4. The van der Waals surface area contributed by atoms with E-state index in [4.69, 9.17) is 4.74 Å². The van der Waals surface area contributed by atoms with Crippen LogP contribution in [-0.2, 0) is 0 Å². The van der Waals surface area contributed by atoms with Gasteiger partial charge in [-0.25, -0.2) is 4.79 Å². The Kier molecular flexibility index (Phi) is 3.47. The Morgan fingerprint density at radius 1 is 1.25 bits per heavy atom. The summed E-state index contributed by atoms with van der Waals surface area (Å²) in [6.45, 7) is 4.55. The number of nitrogens with one attached hydrogen (secondary N) is 2. The van der Waals surface area contributed by atoms with Crippen molar-refractivity contribution < 1.29 is 4.74 Å². The molecule has 7 nitrogen and oxygen atoms in total. The molecule has 1 fully saturated rings. The third-order valence-corrected chi connectivity index (χ3v) is 6.67. The minimum atomic E-state index is -0.567. The van der Waals surface area contributed by atoms with Gasteiger partial charge in [0, 0.05) is 0 Å². The maximum atomic E-state index is 12.9. The number of nitrogens with zero attached hydrogens (tertiary/aromatic N) is 2. The molecule has 144 valence electrons. The van der Waals surface area contributed by atoms with Gasteiger partial charge in [-0.1, -0.05) is 26.0 Å². The Balaban J connectivity index is 1.63. The van der Waals surface area contributed by atoms with Crippen LogP contribution in [0, 0.1) is 17.3 Å². The third-order valence-electron chi connectivity index (χ3n) is 6.67. The van der Waals surface area contributed by atoms with E-state index < -0.39 is 11.2 Å². The zero-order valence-electron chi connectivity index (χ0n) is 16.1. The molecule has 3 aromatic rings. The monoisotopic (exact) mass is 378 g/mol. The SMILES string of the molecule is COc1cccc2[nH]c3c(=O)n(/N=C/C4=CC[C@H]5C[C@@H]4C5(C)C)c(=O)[nH]c3c12. The Hall–Kier alpha value is -3.09. The van der Waals surface area contributed by atoms with Crippen molar-refractivity contribution >= 4 is 28.2 Å². The smallest absolute Gasteiger partial charge is 0.350 e. The van der Waals surface area contributed by atoms with Gasteiger partial charge in [0.15, 0.2) is 0 Å². The van der Waals surface area contributed by atoms with Crippen LogP contribution >= 0.6 is 0 Å². The van der Waals surface area contributed by atoms with Crippen molar-refractivity contribution in [1.29, 1.82) is 0 Å². The number of methoxy groups -OCH3 is 1. The molecule has 2 bridgehead atoms. The van der Waals surface area contributed by atoms with Gasteiger partial charge in [0.05, 0.1) is 29.7 Å². The lowest BCUT2D eigenvalue weighted by molar-refractivity contribution is -0.00127. The molecule has 7 heteroatoms. The number of hydrogen-bond acceptors (Lipinski definition) is 4. The number of rotatable bonds is 3. The minimum Gasteiger partial charge on any atom is -0.496 e. The zero-order valence-corrected chi connectivity index (χ0v) is 16.1. The molecule has 0 amide bonds. The van der Waals surface area contributed by atoms with Gasteiger partial charge in [-0.15, -0.1) is 4.68 Å². The first-order valence-electron chi connectivity index (χ1n) is 9.50. The standard InChI is InChI=1S/C21H22N4O3/c1-21(2)12-8-7-11(13(21)9-12)10-22-25-19(26)18-17(24-20(25)27)16-14(23-18)5-4-6-15(16)28-3/h4-7,10,12-13,23H,8-9H2,1-3H3,(H,24,27)/b22-10+/t12-,13-/m0/s1. The van der Waals surface area contributed by atoms with E-state index in [2.05, 4.69) is 35.0 Å². The van der Waals surface area contributed by atoms with Crippen molar-refractivity contribution in [3.63, 3.8) is 0 Å². The molecule has 0 aliphatic heterocycles. The minimum absolute atomic E-state index is 0.255. The molecule has 1 aromatic carbocycles. The molecule has 0 saturated heterocycles. The van der Waals surface area contributed by atoms with E-state index in [9.17, 15) is 9.59 Å². The predicted molar refractivity (Wildman–Crippen MR) is 109 cm³/mol. The summed E-state index contributed by atoms with van der Waals surface area (Å²) in [6, 6.07) is 5.46. The first-order valence-corrected chi connectivity index (χ1v) is 9.50. The highest BCUT2D eigenvalue weighted by molar-refractivity contribution is 6.07. The normalized spacial score (nSPS) is 23.2. The second-order valence-corrected chi connectivity index (χ2v) is 8.30. The summed E-state index contributed by atoms with van der Waals surface area (Å²) in [4.78, 5) is 31.4. The molecule has 0 radical (unpaired) electrons. The number of H-pyrrole nitrogens is 2. The predicted octanol–water partition coefficient (Wildman–Crippen LogP) is 3.01. The summed E-state index contributed by atoms with van der Waals surface area (Å²) in [6.07, 6.45) is 6.03. The maximum Gasteiger partial charge on any atom is 0.350 e. The van der Waals surface area contributed by atoms with Crippen molar-refractivity contribution in [3.05, 3.63) is 50.7 Å². The summed E-state index contributed by atoms with van der Waals surface area (Å²) in [5, 5.41) is 4.93. The van der Waals surface area contributed by atoms with Gasteiger partial charge in [-0.2, -0.15) is 5.10 Å². The van der Waals surface area contributed by atoms with Gasteiger partial charge in [0.1, 0.15) is 11.3 Å². The first kappa shape index (κ1) is 17.0. The lowest BCUT2D eigenvalue weighted by Crippen LogP contribution is -2.48. The summed E-state index contributed by atoms with van der Waals surface area (Å²) >= 11 is 0. The third kappa shape index (κ3) is 2.19. The van der Waals surface area contributed by atoms with Crippen LogP contribution < -0.4 is 16.0 Å². The highest BCUT2D eigenvalue weighted by Gasteiger charge is 2.50. The molecule has 2 aromatic heterocycles. The fourth-order valence-corrected chi connectivity index (χ4v) is 4.80. The number of benzene rings is 1. The lowest BCUT2D eigenvalue weighted by atomic mass is 9.49. The van der Waals surface area contributed by atoms with E-state index in [-0.39, 0.29) is 5.41 Å². The van der Waals surface area contributed by atoms with Gasteiger partial charge >= 0.3 is 11.2 Å². The van der Waals surface area contributed by atoms with E-state index in [1.54, 1.807) is 19.4 Å². The molecule has 1 saturated carbocycles. The van der Waals surface area contributed by atoms with Gasteiger partial charge < -0.3 is 14.7 Å². The number of aromatic nitrogens is 3. The summed E-state index contributed by atoms with van der Waals surface area (Å²) in [5.41, 5.74) is 1.79. The Morgan fingerprint density at radius 2 is 2.07 bits per heavy atom. The Morgan fingerprint density at radius 3 is 2.79 bits per heavy atom. The highest BCUT2D eigenvalue weighted by atomic mass is 16.5. The van der Waals surface area contributed by atoms with Crippen LogP contribution in [0.2, 0.25) is 0 Å². The molecule has 2 N–H and O–H groups in total. The average Bonchev–Trinajstić information content (AvgIpc) is 3.06. The van der Waals surface area contributed by atoms with Crippen molar-refractivity contribution in [1.82, 2.24) is 14.6 Å². The number of hydrogen-bond donors (Lipinski definition) is 2. The van der Waals surface area contributed by atoms with E-state index in [0.717, 1.165) is 34.5 Å². The van der Waals surface area contributed by atoms with Crippen LogP contribution in [0.4, 0.5) is 0 Å². The Bertz CT molecular complexity index is 1290. The van der Waals surface area contributed by atoms with Crippen molar-refractivity contribution in [2.75, 3.05) is 7.11 Å². The van der Waals surface area contributed by atoms with Crippen LogP contribution in [0.3, 0.4) is 0 Å². The van der Waals surface area contributed by atoms with E-state index in [1.165, 1.54) is 0 Å². The van der Waals surface area contributed by atoms with Crippen molar-refractivity contribution in [3.8, 4) is 5.75 Å². The van der Waals surface area contributed by atoms with Crippen LogP contribution in [-0.4, -0.2) is 28.0 Å². The molecule has 2 atom stereocenters. The van der Waals surface area contributed by atoms with Gasteiger partial charge in [-0.05, 0) is 47.8 Å². The summed E-state index contributed by atoms with van der Waals surface area (Å²) < 4.78 is 6.27. The number of allylic oxidation sites excluding steroid dienone is 2. The topological polar surface area (TPSA) is 92.2 Å². The largest absolute Gasteiger partial charge is 0.496 e. The van der Waals surface area contributed by atoms with E-state index in [0.29, 0.717) is 28.1 Å². The second kappa shape index (κ2) is 5.70. The fraction of sp³-hybridized carbons (Fsp3) is 0.381. The second-order valence-electron chi connectivity index (χ2n) is 8.30. The molecule has 3 aliphatic carbocycles. The molecule has 0 unspecified atom stereocenters. The molecule has 28 heavy (non-hydrogen) atoms.